The van der Waals surface area contributed by atoms with E-state index in [-0.39, 0.29) is 0 Å². The van der Waals surface area contributed by atoms with Crippen molar-refractivity contribution in [2.24, 2.45) is 0 Å². The number of halogens is 2. The van der Waals surface area contributed by atoms with E-state index in [4.69, 9.17) is 27.9 Å². The van der Waals surface area contributed by atoms with Gasteiger partial charge in [0.2, 0.25) is 0 Å². The van der Waals surface area contributed by atoms with Crippen molar-refractivity contribution in [3.63, 3.8) is 0 Å². The number of hydrogen-bond acceptors (Lipinski definition) is 1. The van der Waals surface area contributed by atoms with Crippen molar-refractivity contribution in [3.8, 4) is 5.75 Å². The van der Waals surface area contributed by atoms with Crippen LogP contribution in [0.25, 0.3) is 0 Å². The average Bonchev–Trinajstić information content (AvgIpc) is 2.34. The molecule has 2 aromatic rings. The van der Waals surface area contributed by atoms with Crippen molar-refractivity contribution in [3.05, 3.63) is 63.1 Å². The van der Waals surface area contributed by atoms with E-state index in [0.717, 1.165) is 5.56 Å². The molecule has 94 valence electrons. The van der Waals surface area contributed by atoms with Gasteiger partial charge in [-0.25, -0.2) is 0 Å². The molecule has 0 fully saturated rings. The molecule has 0 saturated carbocycles. The molecule has 18 heavy (non-hydrogen) atoms. The molecule has 0 aliphatic carbocycles. The molecule has 0 atom stereocenters. The Balaban J connectivity index is 2.16. The average molecular weight is 281 g/mol. The zero-order valence-corrected chi connectivity index (χ0v) is 11.8. The summed E-state index contributed by atoms with van der Waals surface area (Å²) in [5, 5.41) is 1.19. The Labute approximate surface area is 117 Å². The minimum absolute atomic E-state index is 0.494. The van der Waals surface area contributed by atoms with Gasteiger partial charge in [0.1, 0.15) is 12.4 Å². The second kappa shape index (κ2) is 5.64. The number of benzene rings is 2. The Morgan fingerprint density at radius 2 is 1.78 bits per heavy atom. The van der Waals surface area contributed by atoms with Gasteiger partial charge in [0, 0.05) is 11.1 Å². The Morgan fingerprint density at radius 3 is 2.56 bits per heavy atom. The van der Waals surface area contributed by atoms with E-state index < -0.39 is 0 Å². The van der Waals surface area contributed by atoms with Gasteiger partial charge in [0.25, 0.3) is 0 Å². The van der Waals surface area contributed by atoms with Crippen LogP contribution in [-0.2, 0) is 6.61 Å². The molecular weight excluding hydrogens is 267 g/mol. The lowest BCUT2D eigenvalue weighted by Crippen LogP contribution is -1.99. The summed E-state index contributed by atoms with van der Waals surface area (Å²) in [6, 6.07) is 11.5. The smallest absolute Gasteiger partial charge is 0.139 e. The van der Waals surface area contributed by atoms with Gasteiger partial charge in [0.15, 0.2) is 0 Å². The van der Waals surface area contributed by atoms with Gasteiger partial charge in [-0.2, -0.15) is 0 Å². The summed E-state index contributed by atoms with van der Waals surface area (Å²) in [6.45, 7) is 4.63. The minimum Gasteiger partial charge on any atom is -0.487 e. The lowest BCUT2D eigenvalue weighted by molar-refractivity contribution is 0.305. The van der Waals surface area contributed by atoms with E-state index in [9.17, 15) is 0 Å². The Morgan fingerprint density at radius 1 is 1.00 bits per heavy atom. The third-order valence-electron chi connectivity index (χ3n) is 2.78. The van der Waals surface area contributed by atoms with Crippen LogP contribution < -0.4 is 4.74 Å². The summed E-state index contributed by atoms with van der Waals surface area (Å²) in [6.07, 6.45) is 0. The summed E-state index contributed by atoms with van der Waals surface area (Å²) in [5.74, 6) is 0.616. The highest BCUT2D eigenvalue weighted by Crippen LogP contribution is 2.28. The largest absolute Gasteiger partial charge is 0.487 e. The molecule has 0 aromatic heterocycles. The van der Waals surface area contributed by atoms with E-state index in [1.165, 1.54) is 11.1 Å². The Bertz CT molecular complexity index is 513. The zero-order chi connectivity index (χ0) is 13.1. The van der Waals surface area contributed by atoms with Gasteiger partial charge >= 0.3 is 0 Å². The van der Waals surface area contributed by atoms with Gasteiger partial charge in [-0.3, -0.25) is 0 Å². The second-order valence-corrected chi connectivity index (χ2v) is 5.14. The molecule has 1 nitrogen and oxygen atoms in total. The van der Waals surface area contributed by atoms with Crippen LogP contribution in [0.5, 0.6) is 5.75 Å². The third-order valence-corrected chi connectivity index (χ3v) is 3.33. The molecule has 0 amide bonds. The molecule has 0 radical (unpaired) electrons. The molecule has 0 bridgehead atoms. The highest BCUT2D eigenvalue weighted by atomic mass is 35.5. The van der Waals surface area contributed by atoms with Crippen LogP contribution in [0.15, 0.2) is 36.4 Å². The van der Waals surface area contributed by atoms with Gasteiger partial charge in [-0.05, 0) is 37.1 Å². The van der Waals surface area contributed by atoms with Crippen molar-refractivity contribution in [1.29, 1.82) is 0 Å². The SMILES string of the molecule is Cc1ccc(C)c(COc2cc(Cl)ccc2Cl)c1. The number of rotatable bonds is 3. The van der Waals surface area contributed by atoms with Crippen molar-refractivity contribution < 1.29 is 4.74 Å². The van der Waals surface area contributed by atoms with Gasteiger partial charge in [0.05, 0.1) is 5.02 Å². The minimum atomic E-state index is 0.494. The van der Waals surface area contributed by atoms with E-state index >= 15 is 0 Å². The first-order valence-electron chi connectivity index (χ1n) is 5.70. The summed E-state index contributed by atoms with van der Waals surface area (Å²) in [5.41, 5.74) is 3.58. The normalized spacial score (nSPS) is 10.4. The van der Waals surface area contributed by atoms with Crippen molar-refractivity contribution >= 4 is 23.2 Å². The van der Waals surface area contributed by atoms with E-state index in [1.807, 2.05) is 0 Å². The van der Waals surface area contributed by atoms with E-state index in [0.29, 0.717) is 22.4 Å². The first-order valence-corrected chi connectivity index (χ1v) is 6.46. The fourth-order valence-electron chi connectivity index (χ4n) is 1.70. The van der Waals surface area contributed by atoms with Crippen LogP contribution in [0.3, 0.4) is 0 Å². The van der Waals surface area contributed by atoms with Crippen LogP contribution in [0.4, 0.5) is 0 Å². The van der Waals surface area contributed by atoms with Crippen LogP contribution in [-0.4, -0.2) is 0 Å². The summed E-state index contributed by atoms with van der Waals surface area (Å²) < 4.78 is 5.72. The molecule has 0 spiro atoms. The Kier molecular flexibility index (Phi) is 4.15. The third kappa shape index (κ3) is 3.18. The standard InChI is InChI=1S/C15H14Cl2O/c1-10-3-4-11(2)12(7-10)9-18-15-8-13(16)5-6-14(15)17/h3-8H,9H2,1-2H3. The molecule has 0 unspecified atom stereocenters. The summed E-state index contributed by atoms with van der Waals surface area (Å²) in [7, 11) is 0. The van der Waals surface area contributed by atoms with Crippen LogP contribution in [0.1, 0.15) is 16.7 Å². The topological polar surface area (TPSA) is 9.23 Å². The van der Waals surface area contributed by atoms with Crippen molar-refractivity contribution in [2.45, 2.75) is 20.5 Å². The lowest BCUT2D eigenvalue weighted by atomic mass is 10.1. The predicted octanol–water partition coefficient (Wildman–Crippen LogP) is 5.19. The monoisotopic (exact) mass is 280 g/mol. The maximum absolute atomic E-state index is 6.05. The maximum atomic E-state index is 6.05. The predicted molar refractivity (Wildman–Crippen MR) is 76.7 cm³/mol. The van der Waals surface area contributed by atoms with Crippen LogP contribution >= 0.6 is 23.2 Å². The highest BCUT2D eigenvalue weighted by Gasteiger charge is 2.04. The molecule has 0 saturated heterocycles. The van der Waals surface area contributed by atoms with Crippen molar-refractivity contribution in [2.75, 3.05) is 0 Å². The lowest BCUT2D eigenvalue weighted by Gasteiger charge is -2.11. The highest BCUT2D eigenvalue weighted by molar-refractivity contribution is 6.34. The fraction of sp³-hybridized carbons (Fsp3) is 0.200. The van der Waals surface area contributed by atoms with Crippen molar-refractivity contribution in [1.82, 2.24) is 0 Å². The molecule has 3 heteroatoms. The van der Waals surface area contributed by atoms with Crippen LogP contribution in [0, 0.1) is 13.8 Å². The Hall–Kier alpha value is -1.18. The van der Waals surface area contributed by atoms with Gasteiger partial charge in [-0.15, -0.1) is 0 Å². The maximum Gasteiger partial charge on any atom is 0.139 e. The first kappa shape index (κ1) is 13.3. The summed E-state index contributed by atoms with van der Waals surface area (Å²) in [4.78, 5) is 0. The molecule has 2 aromatic carbocycles. The van der Waals surface area contributed by atoms with Gasteiger partial charge < -0.3 is 4.74 Å². The number of aryl methyl sites for hydroxylation is 2. The first-order chi connectivity index (χ1) is 8.56. The zero-order valence-electron chi connectivity index (χ0n) is 10.3. The molecule has 0 N–H and O–H groups in total. The molecule has 2 rings (SSSR count). The van der Waals surface area contributed by atoms with E-state index in [1.54, 1.807) is 18.2 Å². The molecule has 0 heterocycles. The molecule has 0 aliphatic rings. The van der Waals surface area contributed by atoms with E-state index in [2.05, 4.69) is 32.0 Å². The fourth-order valence-corrected chi connectivity index (χ4v) is 2.03. The molecular formula is C15H14Cl2O. The second-order valence-electron chi connectivity index (χ2n) is 4.29. The summed E-state index contributed by atoms with van der Waals surface area (Å²) >= 11 is 12.0. The molecule has 0 aliphatic heterocycles. The number of hydrogen-bond donors (Lipinski definition) is 0. The van der Waals surface area contributed by atoms with Gasteiger partial charge in [-0.1, -0.05) is 47.0 Å². The van der Waals surface area contributed by atoms with Crippen LogP contribution in [0.2, 0.25) is 10.0 Å². The number of ether oxygens (including phenoxy) is 1. The quantitative estimate of drug-likeness (QED) is 0.752.